The third kappa shape index (κ3) is 5.89. The van der Waals surface area contributed by atoms with Crippen LogP contribution in [0.5, 0.6) is 0 Å². The van der Waals surface area contributed by atoms with Crippen LogP contribution >= 0.6 is 23.4 Å². The fourth-order valence-corrected chi connectivity index (χ4v) is 7.24. The smallest absolute Gasteiger partial charge is 0.273 e. The second kappa shape index (κ2) is 12.9. The Balaban J connectivity index is 1.25. The molecule has 15 heteroatoms. The molecule has 0 bridgehead atoms. The molecular weight excluding hydrogens is 647 g/mol. The molecule has 4 aromatic rings. The molecule has 240 valence electrons. The molecule has 2 aromatic heterocycles. The molecule has 0 aliphatic carbocycles. The third-order valence-electron chi connectivity index (χ3n) is 8.16. The first-order chi connectivity index (χ1) is 22.3. The van der Waals surface area contributed by atoms with Gasteiger partial charge in [0, 0.05) is 42.4 Å². The Labute approximate surface area is 270 Å². The minimum atomic E-state index is -1.58. The minimum Gasteiger partial charge on any atom is -0.375 e. The van der Waals surface area contributed by atoms with E-state index in [0.29, 0.717) is 23.0 Å². The van der Waals surface area contributed by atoms with Crippen LogP contribution in [0.4, 0.5) is 13.2 Å². The van der Waals surface area contributed by atoms with Crippen molar-refractivity contribution >= 4 is 29.3 Å². The maximum absolute atomic E-state index is 14.1. The monoisotopic (exact) mass is 673 g/mol. The Morgan fingerprint density at radius 1 is 1.09 bits per heavy atom. The van der Waals surface area contributed by atoms with Crippen LogP contribution in [0.2, 0.25) is 5.02 Å². The molecule has 0 spiro atoms. The number of benzene rings is 2. The molecule has 5 heterocycles. The van der Waals surface area contributed by atoms with Gasteiger partial charge in [0.15, 0.2) is 23.7 Å². The average molecular weight is 674 g/mol. The van der Waals surface area contributed by atoms with Crippen molar-refractivity contribution in [3.05, 3.63) is 94.7 Å². The number of amides is 1. The maximum Gasteiger partial charge on any atom is 0.273 e. The van der Waals surface area contributed by atoms with Crippen molar-refractivity contribution in [1.29, 1.82) is 0 Å². The van der Waals surface area contributed by atoms with Gasteiger partial charge in [0.1, 0.15) is 41.2 Å². The van der Waals surface area contributed by atoms with Crippen molar-refractivity contribution < 1.29 is 36.9 Å². The average Bonchev–Trinajstić information content (AvgIpc) is 3.52. The molecule has 3 fully saturated rings. The summed E-state index contributed by atoms with van der Waals surface area (Å²) in [6.45, 7) is 1.44. The Bertz CT molecular complexity index is 1730. The highest BCUT2D eigenvalue weighted by Crippen LogP contribution is 2.45. The quantitative estimate of drug-likeness (QED) is 0.237. The van der Waals surface area contributed by atoms with Gasteiger partial charge < -0.3 is 23.8 Å². The summed E-state index contributed by atoms with van der Waals surface area (Å²) in [7, 11) is 1.51. The zero-order valence-corrected chi connectivity index (χ0v) is 25.8. The Hall–Kier alpha value is -3.53. The van der Waals surface area contributed by atoms with E-state index < -0.39 is 53.5 Å². The lowest BCUT2D eigenvalue weighted by molar-refractivity contribution is -0.308. The largest absolute Gasteiger partial charge is 0.375 e. The molecular formula is C31H27ClF3N5O5S. The lowest BCUT2D eigenvalue weighted by Gasteiger charge is -2.48. The number of pyridine rings is 1. The van der Waals surface area contributed by atoms with Crippen LogP contribution in [-0.2, 0) is 18.9 Å². The SMILES string of the molecule is CO[C@H]1C(n2cc(-c3cc(F)c(F)c(F)c3)nn2)[C@H]2OC(c3ccccc3)OCC2O[C@@H]1Sc1cc(Cl)cnc1C(=O)N1CCC1. The van der Waals surface area contributed by atoms with Gasteiger partial charge in [-0.3, -0.25) is 4.79 Å². The number of methoxy groups -OCH3 is 1. The van der Waals surface area contributed by atoms with E-state index in [-0.39, 0.29) is 29.5 Å². The zero-order valence-electron chi connectivity index (χ0n) is 24.3. The summed E-state index contributed by atoms with van der Waals surface area (Å²) in [5, 5.41) is 8.78. The number of fused-ring (bicyclic) bond motifs is 1. The minimum absolute atomic E-state index is 0.000333. The van der Waals surface area contributed by atoms with Gasteiger partial charge in [-0.15, -0.1) is 5.10 Å². The van der Waals surface area contributed by atoms with Crippen molar-refractivity contribution in [3.8, 4) is 11.3 Å². The highest BCUT2D eigenvalue weighted by atomic mass is 35.5. The van der Waals surface area contributed by atoms with Crippen molar-refractivity contribution in [2.24, 2.45) is 0 Å². The van der Waals surface area contributed by atoms with Crippen molar-refractivity contribution in [3.63, 3.8) is 0 Å². The third-order valence-corrected chi connectivity index (χ3v) is 9.54. The van der Waals surface area contributed by atoms with Crippen molar-refractivity contribution in [2.45, 2.75) is 47.4 Å². The first-order valence-corrected chi connectivity index (χ1v) is 15.7. The van der Waals surface area contributed by atoms with E-state index in [4.69, 9.17) is 30.5 Å². The predicted octanol–water partition coefficient (Wildman–Crippen LogP) is 5.44. The van der Waals surface area contributed by atoms with E-state index in [9.17, 15) is 18.0 Å². The van der Waals surface area contributed by atoms with E-state index in [1.807, 2.05) is 30.3 Å². The molecule has 3 aliphatic heterocycles. The number of hydrogen-bond acceptors (Lipinski definition) is 9. The van der Waals surface area contributed by atoms with Gasteiger partial charge in [0.25, 0.3) is 5.91 Å². The Morgan fingerprint density at radius 3 is 2.54 bits per heavy atom. The van der Waals surface area contributed by atoms with Gasteiger partial charge in [-0.25, -0.2) is 22.8 Å². The van der Waals surface area contributed by atoms with Gasteiger partial charge in [-0.05, 0) is 24.6 Å². The fraction of sp³-hybridized carbons (Fsp3) is 0.355. The number of aromatic nitrogens is 4. The molecule has 10 nitrogen and oxygen atoms in total. The second-order valence-corrected chi connectivity index (χ2v) is 12.6. The Kier molecular flexibility index (Phi) is 8.74. The molecule has 0 saturated carbocycles. The normalized spacial score (nSPS) is 26.0. The van der Waals surface area contributed by atoms with E-state index >= 15 is 0 Å². The number of nitrogens with zero attached hydrogens (tertiary/aromatic N) is 5. The van der Waals surface area contributed by atoms with Crippen LogP contribution in [-0.4, -0.2) is 81.3 Å². The van der Waals surface area contributed by atoms with Crippen LogP contribution in [0.1, 0.15) is 34.8 Å². The molecule has 3 saturated heterocycles. The number of rotatable bonds is 7. The summed E-state index contributed by atoms with van der Waals surface area (Å²) in [5.41, 5.74) is 0.400. The van der Waals surface area contributed by atoms with Crippen LogP contribution in [0, 0.1) is 17.5 Å². The summed E-state index contributed by atoms with van der Waals surface area (Å²) < 4.78 is 68.5. The number of carbonyl (C=O) groups is 1. The topological polar surface area (TPSA) is 101 Å². The number of ether oxygens (including phenoxy) is 4. The maximum atomic E-state index is 14.1. The van der Waals surface area contributed by atoms with E-state index in [1.54, 1.807) is 11.0 Å². The summed E-state index contributed by atoms with van der Waals surface area (Å²) in [6, 6.07) is 12.0. The summed E-state index contributed by atoms with van der Waals surface area (Å²) in [4.78, 5) is 19.8. The van der Waals surface area contributed by atoms with Crippen LogP contribution < -0.4 is 0 Å². The van der Waals surface area contributed by atoms with Crippen molar-refractivity contribution in [1.82, 2.24) is 24.9 Å². The van der Waals surface area contributed by atoms with Crippen molar-refractivity contribution in [2.75, 3.05) is 26.8 Å². The van der Waals surface area contributed by atoms with Gasteiger partial charge in [0.05, 0.1) is 17.8 Å². The summed E-state index contributed by atoms with van der Waals surface area (Å²) in [5.74, 6) is -4.48. The zero-order chi connectivity index (χ0) is 31.9. The van der Waals surface area contributed by atoms with E-state index in [0.717, 1.165) is 24.1 Å². The summed E-state index contributed by atoms with van der Waals surface area (Å²) in [6.07, 6.45) is 1.05. The standard InChI is InChI=1S/C31H27ClF3N5O5S/c1-42-28-26(40-14-21(37-38-40)17-10-19(33)24(35)20(34)11-17)27-22(15-43-30(45-27)16-6-3-2-4-7-16)44-31(28)46-23-12-18(32)13-36-25(23)29(41)39-8-5-9-39/h2-4,6-7,10-14,22,26-28,30-31H,5,8-9,15H2,1H3/t22?,26?,27-,28-,30?,31+/m0/s1. The van der Waals surface area contributed by atoms with Gasteiger partial charge >= 0.3 is 0 Å². The second-order valence-electron chi connectivity index (χ2n) is 11.0. The lowest BCUT2D eigenvalue weighted by atomic mass is 9.95. The molecule has 7 rings (SSSR count). The van der Waals surface area contributed by atoms with Gasteiger partial charge in [0.2, 0.25) is 0 Å². The first kappa shape index (κ1) is 31.1. The lowest BCUT2D eigenvalue weighted by Crippen LogP contribution is -2.59. The van der Waals surface area contributed by atoms with Gasteiger partial charge in [-0.2, -0.15) is 0 Å². The Morgan fingerprint density at radius 2 is 1.85 bits per heavy atom. The molecule has 46 heavy (non-hydrogen) atoms. The molecule has 1 amide bonds. The number of thioether (sulfide) groups is 1. The van der Waals surface area contributed by atoms with Gasteiger partial charge in [-0.1, -0.05) is 58.9 Å². The highest BCUT2D eigenvalue weighted by Gasteiger charge is 2.52. The summed E-state index contributed by atoms with van der Waals surface area (Å²) >= 11 is 7.55. The molecule has 6 atom stereocenters. The van der Waals surface area contributed by atoms with Crippen LogP contribution in [0.15, 0.2) is 65.8 Å². The molecule has 0 N–H and O–H groups in total. The highest BCUT2D eigenvalue weighted by molar-refractivity contribution is 8.00. The van der Waals surface area contributed by atoms with E-state index in [1.165, 1.54) is 35.9 Å². The molecule has 2 aromatic carbocycles. The fourth-order valence-electron chi connectivity index (χ4n) is 5.72. The van der Waals surface area contributed by atoms with Crippen LogP contribution in [0.3, 0.4) is 0 Å². The molecule has 3 unspecified atom stereocenters. The number of halogens is 4. The number of hydrogen-bond donors (Lipinski definition) is 0. The number of likely N-dealkylation sites (tertiary alicyclic amines) is 1. The van der Waals surface area contributed by atoms with Crippen LogP contribution in [0.25, 0.3) is 11.3 Å². The predicted molar refractivity (Wildman–Crippen MR) is 159 cm³/mol. The molecule has 3 aliphatic rings. The number of carbonyl (C=O) groups excluding carboxylic acids is 1. The molecule has 0 radical (unpaired) electrons. The van der Waals surface area contributed by atoms with E-state index in [2.05, 4.69) is 15.3 Å². The first-order valence-electron chi connectivity index (χ1n) is 14.5.